The van der Waals surface area contributed by atoms with Crippen molar-refractivity contribution in [1.82, 2.24) is 0 Å². The van der Waals surface area contributed by atoms with Crippen LogP contribution in [0.25, 0.3) is 0 Å². The Hall–Kier alpha value is -1.97. The number of aryl methyl sites for hydroxylation is 2. The molecule has 2 aromatic rings. The fourth-order valence-electron chi connectivity index (χ4n) is 2.03. The summed E-state index contributed by atoms with van der Waals surface area (Å²) in [5, 5.41) is 0. The predicted octanol–water partition coefficient (Wildman–Crippen LogP) is 3.20. The molecule has 0 radical (unpaired) electrons. The topological polar surface area (TPSA) is 46.6 Å². The molecule has 0 atom stereocenters. The Morgan fingerprint density at radius 1 is 1.27 bits per heavy atom. The summed E-state index contributed by atoms with van der Waals surface area (Å²) < 4.78 is 31.9. The normalized spacial score (nSPS) is 11.0. The number of anilines is 1. The quantitative estimate of drug-likeness (QED) is 0.788. The number of rotatable bonds is 5. The molecule has 0 fully saturated rings. The van der Waals surface area contributed by atoms with E-state index in [-0.39, 0.29) is 6.61 Å². The Bertz CT molecular complexity index is 799. The fraction of sp³-hybridized carbons (Fsp3) is 0.250. The molecule has 0 unspecified atom stereocenters. The first-order valence-corrected chi connectivity index (χ1v) is 8.84. The van der Waals surface area contributed by atoms with E-state index in [0.29, 0.717) is 16.3 Å². The molecule has 1 aromatic heterocycles. The Labute approximate surface area is 135 Å². The first kappa shape index (κ1) is 16.4. The molecule has 0 bridgehead atoms. The highest BCUT2D eigenvalue weighted by molar-refractivity contribution is 7.93. The number of hydrogen-bond donors (Lipinski definition) is 0. The zero-order valence-electron chi connectivity index (χ0n) is 12.7. The molecule has 0 saturated heterocycles. The van der Waals surface area contributed by atoms with E-state index in [1.54, 1.807) is 37.4 Å². The van der Waals surface area contributed by atoms with Gasteiger partial charge in [0.25, 0.3) is 10.0 Å². The van der Waals surface area contributed by atoms with Gasteiger partial charge in [0.2, 0.25) is 0 Å². The average molecular weight is 335 g/mol. The van der Waals surface area contributed by atoms with Gasteiger partial charge in [-0.25, -0.2) is 8.42 Å². The summed E-state index contributed by atoms with van der Waals surface area (Å²) in [7, 11) is -2.02. The van der Waals surface area contributed by atoms with Gasteiger partial charge in [-0.05, 0) is 44.2 Å². The van der Waals surface area contributed by atoms with Gasteiger partial charge in [-0.1, -0.05) is 5.92 Å². The van der Waals surface area contributed by atoms with Crippen molar-refractivity contribution in [3.63, 3.8) is 0 Å². The molecule has 2 rings (SSSR count). The van der Waals surface area contributed by atoms with Crippen LogP contribution in [0.4, 0.5) is 5.69 Å². The number of benzene rings is 1. The van der Waals surface area contributed by atoms with Crippen LogP contribution in [-0.2, 0) is 10.0 Å². The lowest BCUT2D eigenvalue weighted by Crippen LogP contribution is -2.26. The minimum atomic E-state index is -3.56. The molecule has 0 aliphatic heterocycles. The highest BCUT2D eigenvalue weighted by Gasteiger charge is 2.24. The average Bonchev–Trinajstić information content (AvgIpc) is 2.84. The number of terminal acetylenes is 1. The van der Waals surface area contributed by atoms with Crippen LogP contribution in [0.15, 0.2) is 35.2 Å². The van der Waals surface area contributed by atoms with E-state index in [0.717, 1.165) is 9.75 Å². The zero-order valence-corrected chi connectivity index (χ0v) is 14.3. The van der Waals surface area contributed by atoms with Crippen LogP contribution in [0.5, 0.6) is 5.75 Å². The molecule has 116 valence electrons. The predicted molar refractivity (Wildman–Crippen MR) is 90.2 cm³/mol. The van der Waals surface area contributed by atoms with Crippen LogP contribution in [0.1, 0.15) is 9.75 Å². The monoisotopic (exact) mass is 335 g/mol. The van der Waals surface area contributed by atoms with Crippen LogP contribution < -0.4 is 9.04 Å². The highest BCUT2D eigenvalue weighted by atomic mass is 32.2. The van der Waals surface area contributed by atoms with Gasteiger partial charge < -0.3 is 4.74 Å². The van der Waals surface area contributed by atoms with E-state index < -0.39 is 10.0 Å². The lowest BCUT2D eigenvalue weighted by Gasteiger charge is -2.19. The Morgan fingerprint density at radius 2 is 1.91 bits per heavy atom. The fourth-order valence-corrected chi connectivity index (χ4v) is 4.75. The Balaban J connectivity index is 2.29. The van der Waals surface area contributed by atoms with E-state index >= 15 is 0 Å². The summed E-state index contributed by atoms with van der Waals surface area (Å²) in [5.74, 6) is 2.99. The van der Waals surface area contributed by atoms with E-state index in [2.05, 4.69) is 5.92 Å². The van der Waals surface area contributed by atoms with Crippen molar-refractivity contribution in [3.8, 4) is 18.1 Å². The second-order valence-electron chi connectivity index (χ2n) is 4.74. The second-order valence-corrected chi connectivity index (χ2v) is 8.13. The van der Waals surface area contributed by atoms with Crippen molar-refractivity contribution in [1.29, 1.82) is 0 Å². The molecule has 4 nitrogen and oxygen atoms in total. The molecule has 0 saturated carbocycles. The van der Waals surface area contributed by atoms with Crippen LogP contribution >= 0.6 is 11.3 Å². The summed E-state index contributed by atoms with van der Waals surface area (Å²) in [4.78, 5) is 2.12. The molecular formula is C16H17NO3S2. The maximum absolute atomic E-state index is 12.7. The van der Waals surface area contributed by atoms with Crippen molar-refractivity contribution >= 4 is 27.0 Å². The molecule has 0 amide bonds. The number of thiophene rings is 1. The molecule has 0 aliphatic carbocycles. The van der Waals surface area contributed by atoms with Gasteiger partial charge in [-0.3, -0.25) is 4.31 Å². The van der Waals surface area contributed by atoms with Crippen LogP contribution in [-0.4, -0.2) is 22.1 Å². The van der Waals surface area contributed by atoms with Gasteiger partial charge in [0.05, 0.1) is 5.69 Å². The second kappa shape index (κ2) is 6.42. The third-order valence-corrected chi connectivity index (χ3v) is 6.16. The van der Waals surface area contributed by atoms with Crippen molar-refractivity contribution in [2.75, 3.05) is 18.0 Å². The molecular weight excluding hydrogens is 318 g/mol. The standard InChI is InChI=1S/C16H17NO3S2/c1-5-10-20-15-8-6-14(7-9-15)17(4)22(18,19)16-11-12(2)21-13(16)3/h1,6-9,11H,10H2,2-4H3. The van der Waals surface area contributed by atoms with Crippen LogP contribution in [0.3, 0.4) is 0 Å². The maximum Gasteiger partial charge on any atom is 0.265 e. The summed E-state index contributed by atoms with van der Waals surface area (Å²) in [5.41, 5.74) is 0.566. The Morgan fingerprint density at radius 3 is 2.41 bits per heavy atom. The van der Waals surface area contributed by atoms with Crippen molar-refractivity contribution in [3.05, 3.63) is 40.1 Å². The van der Waals surface area contributed by atoms with E-state index in [1.165, 1.54) is 15.6 Å². The lowest BCUT2D eigenvalue weighted by atomic mass is 10.3. The van der Waals surface area contributed by atoms with Crippen LogP contribution in [0, 0.1) is 26.2 Å². The van der Waals surface area contributed by atoms with Gasteiger partial charge in [0.15, 0.2) is 0 Å². The smallest absolute Gasteiger partial charge is 0.265 e. The van der Waals surface area contributed by atoms with Crippen molar-refractivity contribution in [2.24, 2.45) is 0 Å². The molecule has 0 N–H and O–H groups in total. The minimum Gasteiger partial charge on any atom is -0.481 e. The maximum atomic E-state index is 12.7. The molecule has 0 aliphatic rings. The number of ether oxygens (including phenoxy) is 1. The third kappa shape index (κ3) is 3.26. The van der Waals surface area contributed by atoms with Gasteiger partial charge in [-0.15, -0.1) is 17.8 Å². The summed E-state index contributed by atoms with van der Waals surface area (Å²) in [6, 6.07) is 8.49. The molecule has 0 spiro atoms. The van der Waals surface area contributed by atoms with Gasteiger partial charge >= 0.3 is 0 Å². The van der Waals surface area contributed by atoms with E-state index in [9.17, 15) is 8.42 Å². The van der Waals surface area contributed by atoms with Gasteiger partial charge in [-0.2, -0.15) is 0 Å². The molecule has 22 heavy (non-hydrogen) atoms. The number of nitrogens with zero attached hydrogens (tertiary/aromatic N) is 1. The SMILES string of the molecule is C#CCOc1ccc(N(C)S(=O)(=O)c2cc(C)sc2C)cc1. The first-order chi connectivity index (χ1) is 10.4. The zero-order chi connectivity index (χ0) is 16.3. The molecule has 6 heteroatoms. The first-order valence-electron chi connectivity index (χ1n) is 6.58. The van der Waals surface area contributed by atoms with E-state index in [1.807, 2.05) is 13.8 Å². The summed E-state index contributed by atoms with van der Waals surface area (Å²) in [6.07, 6.45) is 5.13. The summed E-state index contributed by atoms with van der Waals surface area (Å²) >= 11 is 1.48. The van der Waals surface area contributed by atoms with Gasteiger partial charge in [0.1, 0.15) is 17.3 Å². The lowest BCUT2D eigenvalue weighted by molar-refractivity contribution is 0.370. The summed E-state index contributed by atoms with van der Waals surface area (Å²) in [6.45, 7) is 3.89. The van der Waals surface area contributed by atoms with Crippen LogP contribution in [0.2, 0.25) is 0 Å². The largest absolute Gasteiger partial charge is 0.481 e. The van der Waals surface area contributed by atoms with Crippen molar-refractivity contribution in [2.45, 2.75) is 18.7 Å². The highest BCUT2D eigenvalue weighted by Crippen LogP contribution is 2.30. The third-order valence-electron chi connectivity index (χ3n) is 3.16. The molecule has 1 heterocycles. The number of sulfonamides is 1. The Kier molecular flexibility index (Phi) is 4.79. The minimum absolute atomic E-state index is 0.181. The van der Waals surface area contributed by atoms with E-state index in [4.69, 9.17) is 11.2 Å². The number of hydrogen-bond acceptors (Lipinski definition) is 4. The van der Waals surface area contributed by atoms with Gasteiger partial charge in [0, 0.05) is 16.8 Å². The van der Waals surface area contributed by atoms with Crippen molar-refractivity contribution < 1.29 is 13.2 Å². The molecule has 1 aromatic carbocycles.